The molecular weight excluding hydrogens is 190 g/mol. The van der Waals surface area contributed by atoms with Crippen LogP contribution in [0.15, 0.2) is 6.07 Å². The van der Waals surface area contributed by atoms with Gasteiger partial charge in [-0.15, -0.1) is 0 Å². The fourth-order valence-corrected chi connectivity index (χ4v) is 1.62. The first kappa shape index (κ1) is 9.87. The Morgan fingerprint density at radius 3 is 2.80 bits per heavy atom. The number of nitrogens with zero attached hydrogens (tertiary/aromatic N) is 4. The summed E-state index contributed by atoms with van der Waals surface area (Å²) in [5, 5.41) is 12.1. The lowest BCUT2D eigenvalue weighted by atomic mass is 10.3. The van der Waals surface area contributed by atoms with E-state index in [4.69, 9.17) is 5.26 Å². The van der Waals surface area contributed by atoms with Crippen molar-refractivity contribution in [1.82, 2.24) is 15.3 Å². The highest BCUT2D eigenvalue weighted by Crippen LogP contribution is 2.10. The minimum absolute atomic E-state index is 0.441. The van der Waals surface area contributed by atoms with Crippen molar-refractivity contribution >= 4 is 5.95 Å². The number of hydrogen-bond acceptors (Lipinski definition) is 5. The second kappa shape index (κ2) is 4.24. The van der Waals surface area contributed by atoms with Crippen molar-refractivity contribution in [3.05, 3.63) is 17.5 Å². The summed E-state index contributed by atoms with van der Waals surface area (Å²) >= 11 is 0. The van der Waals surface area contributed by atoms with Crippen molar-refractivity contribution in [2.75, 3.05) is 31.1 Å². The van der Waals surface area contributed by atoms with E-state index < -0.39 is 0 Å². The van der Waals surface area contributed by atoms with Gasteiger partial charge >= 0.3 is 0 Å². The third-order valence-corrected chi connectivity index (χ3v) is 2.36. The zero-order valence-corrected chi connectivity index (χ0v) is 8.69. The maximum absolute atomic E-state index is 8.81. The molecular formula is C10H13N5. The lowest BCUT2D eigenvalue weighted by molar-refractivity contribution is 0.579. The molecule has 0 atom stereocenters. The second-order valence-electron chi connectivity index (χ2n) is 3.54. The summed E-state index contributed by atoms with van der Waals surface area (Å²) in [4.78, 5) is 10.6. The van der Waals surface area contributed by atoms with E-state index in [0.29, 0.717) is 11.6 Å². The predicted molar refractivity (Wildman–Crippen MR) is 56.6 cm³/mol. The average Bonchev–Trinajstić information content (AvgIpc) is 2.29. The van der Waals surface area contributed by atoms with Crippen LogP contribution in [0.2, 0.25) is 0 Å². The lowest BCUT2D eigenvalue weighted by Gasteiger charge is -2.27. The highest BCUT2D eigenvalue weighted by Gasteiger charge is 2.13. The number of nitriles is 1. The van der Waals surface area contributed by atoms with E-state index in [1.54, 1.807) is 6.07 Å². The molecule has 1 saturated heterocycles. The highest BCUT2D eigenvalue weighted by atomic mass is 15.3. The molecule has 1 N–H and O–H groups in total. The molecule has 78 valence electrons. The summed E-state index contributed by atoms with van der Waals surface area (Å²) in [5.41, 5.74) is 1.28. The van der Waals surface area contributed by atoms with Crippen LogP contribution >= 0.6 is 0 Å². The standard InChI is InChI=1S/C10H13N5/c1-8-6-9(7-11)14-10(13-8)15-4-2-12-3-5-15/h6,12H,2-5H2,1H3. The number of piperazine rings is 1. The molecule has 1 aliphatic rings. The van der Waals surface area contributed by atoms with Crippen LogP contribution < -0.4 is 10.2 Å². The minimum atomic E-state index is 0.441. The highest BCUT2D eigenvalue weighted by molar-refractivity contribution is 5.36. The van der Waals surface area contributed by atoms with Gasteiger partial charge in [0, 0.05) is 31.9 Å². The molecule has 0 saturated carbocycles. The molecule has 2 heterocycles. The molecule has 2 rings (SSSR count). The van der Waals surface area contributed by atoms with Crippen molar-refractivity contribution in [3.63, 3.8) is 0 Å². The molecule has 1 aromatic heterocycles. The van der Waals surface area contributed by atoms with Crippen molar-refractivity contribution in [2.45, 2.75) is 6.92 Å². The van der Waals surface area contributed by atoms with Gasteiger partial charge in [0.25, 0.3) is 0 Å². The number of nitrogens with one attached hydrogen (secondary N) is 1. The summed E-state index contributed by atoms with van der Waals surface area (Å²) in [7, 11) is 0. The van der Waals surface area contributed by atoms with Crippen molar-refractivity contribution in [1.29, 1.82) is 5.26 Å². The normalized spacial score (nSPS) is 16.1. The molecule has 0 spiro atoms. The Hall–Kier alpha value is -1.67. The van der Waals surface area contributed by atoms with Crippen molar-refractivity contribution in [3.8, 4) is 6.07 Å². The van der Waals surface area contributed by atoms with Crippen LogP contribution in [-0.2, 0) is 0 Å². The predicted octanol–water partition coefficient (Wildman–Crippen LogP) is 0.0663. The summed E-state index contributed by atoms with van der Waals surface area (Å²) in [6.07, 6.45) is 0. The van der Waals surface area contributed by atoms with Gasteiger partial charge in [-0.25, -0.2) is 9.97 Å². The SMILES string of the molecule is Cc1cc(C#N)nc(N2CCNCC2)n1. The molecule has 1 aliphatic heterocycles. The number of aryl methyl sites for hydroxylation is 1. The molecule has 1 aromatic rings. The Morgan fingerprint density at radius 1 is 1.40 bits per heavy atom. The lowest BCUT2D eigenvalue weighted by Crippen LogP contribution is -2.44. The number of anilines is 1. The second-order valence-corrected chi connectivity index (χ2v) is 3.54. The fraction of sp³-hybridized carbons (Fsp3) is 0.500. The third kappa shape index (κ3) is 2.22. The molecule has 5 heteroatoms. The van der Waals surface area contributed by atoms with Crippen molar-refractivity contribution in [2.24, 2.45) is 0 Å². The van der Waals surface area contributed by atoms with Crippen LogP contribution in [0.3, 0.4) is 0 Å². The van der Waals surface area contributed by atoms with Gasteiger partial charge < -0.3 is 10.2 Å². The first-order chi connectivity index (χ1) is 7.29. The van der Waals surface area contributed by atoms with Gasteiger partial charge in [-0.1, -0.05) is 0 Å². The average molecular weight is 203 g/mol. The van der Waals surface area contributed by atoms with E-state index in [2.05, 4.69) is 26.3 Å². The van der Waals surface area contributed by atoms with E-state index in [1.165, 1.54) is 0 Å². The third-order valence-electron chi connectivity index (χ3n) is 2.36. The largest absolute Gasteiger partial charge is 0.338 e. The van der Waals surface area contributed by atoms with Gasteiger partial charge in [-0.2, -0.15) is 5.26 Å². The van der Waals surface area contributed by atoms with E-state index >= 15 is 0 Å². The first-order valence-electron chi connectivity index (χ1n) is 5.01. The zero-order valence-electron chi connectivity index (χ0n) is 8.69. The van der Waals surface area contributed by atoms with Gasteiger partial charge in [0.2, 0.25) is 5.95 Å². The molecule has 0 radical (unpaired) electrons. The van der Waals surface area contributed by atoms with Crippen LogP contribution in [0.1, 0.15) is 11.4 Å². The summed E-state index contributed by atoms with van der Waals surface area (Å²) in [6.45, 7) is 5.56. The van der Waals surface area contributed by atoms with Gasteiger partial charge in [0.1, 0.15) is 11.8 Å². The molecule has 0 aromatic carbocycles. The summed E-state index contributed by atoms with van der Waals surface area (Å²) in [5.74, 6) is 0.674. The Kier molecular flexibility index (Phi) is 2.79. The van der Waals surface area contributed by atoms with Crippen LogP contribution in [0.4, 0.5) is 5.95 Å². The molecule has 1 fully saturated rings. The summed E-state index contributed by atoms with van der Waals surface area (Å²) < 4.78 is 0. The molecule has 15 heavy (non-hydrogen) atoms. The van der Waals surface area contributed by atoms with E-state index in [-0.39, 0.29) is 0 Å². The number of rotatable bonds is 1. The molecule has 0 unspecified atom stereocenters. The smallest absolute Gasteiger partial charge is 0.226 e. The fourth-order valence-electron chi connectivity index (χ4n) is 1.62. The summed E-state index contributed by atoms with van der Waals surface area (Å²) in [6, 6.07) is 3.75. The maximum atomic E-state index is 8.81. The van der Waals surface area contributed by atoms with E-state index in [0.717, 1.165) is 31.9 Å². The number of aromatic nitrogens is 2. The maximum Gasteiger partial charge on any atom is 0.226 e. The van der Waals surface area contributed by atoms with Gasteiger partial charge in [-0.3, -0.25) is 0 Å². The monoisotopic (exact) mass is 203 g/mol. The Balaban J connectivity index is 2.27. The Labute approximate surface area is 88.8 Å². The van der Waals surface area contributed by atoms with Gasteiger partial charge in [0.05, 0.1) is 0 Å². The number of hydrogen-bond donors (Lipinski definition) is 1. The minimum Gasteiger partial charge on any atom is -0.338 e. The van der Waals surface area contributed by atoms with Crippen LogP contribution in [0.5, 0.6) is 0 Å². The van der Waals surface area contributed by atoms with Crippen LogP contribution in [0.25, 0.3) is 0 Å². The zero-order chi connectivity index (χ0) is 10.7. The molecule has 0 amide bonds. The Bertz CT molecular complexity index is 389. The Morgan fingerprint density at radius 2 is 2.13 bits per heavy atom. The van der Waals surface area contributed by atoms with Crippen LogP contribution in [0, 0.1) is 18.3 Å². The van der Waals surface area contributed by atoms with Crippen LogP contribution in [-0.4, -0.2) is 36.1 Å². The van der Waals surface area contributed by atoms with Gasteiger partial charge in [-0.05, 0) is 13.0 Å². The van der Waals surface area contributed by atoms with E-state index in [9.17, 15) is 0 Å². The van der Waals surface area contributed by atoms with E-state index in [1.807, 2.05) is 6.92 Å². The molecule has 0 aliphatic carbocycles. The topological polar surface area (TPSA) is 64.8 Å². The van der Waals surface area contributed by atoms with Gasteiger partial charge in [0.15, 0.2) is 0 Å². The van der Waals surface area contributed by atoms with Crippen molar-refractivity contribution < 1.29 is 0 Å². The first-order valence-corrected chi connectivity index (χ1v) is 5.01. The molecule has 0 bridgehead atoms. The molecule has 5 nitrogen and oxygen atoms in total. The quantitative estimate of drug-likeness (QED) is 0.699.